The molecule has 0 aliphatic heterocycles. The third kappa shape index (κ3) is 3.32. The monoisotopic (exact) mass is 293 g/mol. The highest BCUT2D eigenvalue weighted by Crippen LogP contribution is 2.34. The summed E-state index contributed by atoms with van der Waals surface area (Å²) in [5.41, 5.74) is 8.61. The zero-order valence-corrected chi connectivity index (χ0v) is 13.9. The quantitative estimate of drug-likeness (QED) is 0.926. The summed E-state index contributed by atoms with van der Waals surface area (Å²) in [6.45, 7) is 8.65. The van der Waals surface area contributed by atoms with Crippen molar-refractivity contribution in [1.29, 1.82) is 0 Å². The fourth-order valence-electron chi connectivity index (χ4n) is 3.22. The van der Waals surface area contributed by atoms with E-state index in [1.54, 1.807) is 0 Å². The summed E-state index contributed by atoms with van der Waals surface area (Å²) >= 11 is 0. The van der Waals surface area contributed by atoms with Crippen LogP contribution in [0.5, 0.6) is 0 Å². The first-order chi connectivity index (χ1) is 9.40. The van der Waals surface area contributed by atoms with Crippen LogP contribution in [0.4, 0.5) is 0 Å². The molecule has 0 aromatic heterocycles. The van der Waals surface area contributed by atoms with E-state index in [2.05, 4.69) is 39.8 Å². The van der Waals surface area contributed by atoms with Crippen molar-refractivity contribution in [2.75, 3.05) is 0 Å². The number of rotatable bonds is 3. The molecule has 112 valence electrons. The minimum absolute atomic E-state index is 0.0755. The van der Waals surface area contributed by atoms with Crippen LogP contribution in [-0.2, 0) is 10.8 Å². The van der Waals surface area contributed by atoms with Crippen LogP contribution >= 0.6 is 0 Å². The van der Waals surface area contributed by atoms with Crippen molar-refractivity contribution >= 4 is 10.8 Å². The number of hydrogen-bond donors (Lipinski definition) is 1. The maximum atomic E-state index is 12.9. The van der Waals surface area contributed by atoms with Crippen molar-refractivity contribution in [3.63, 3.8) is 0 Å². The predicted octanol–water partition coefficient (Wildman–Crippen LogP) is 3.56. The molecule has 2 N–H and O–H groups in total. The second-order valence-corrected chi connectivity index (χ2v) is 8.23. The number of benzene rings is 1. The molecule has 3 heteroatoms. The van der Waals surface area contributed by atoms with Gasteiger partial charge in [-0.3, -0.25) is 4.21 Å². The Morgan fingerprint density at radius 3 is 2.55 bits per heavy atom. The van der Waals surface area contributed by atoms with E-state index in [-0.39, 0.29) is 11.3 Å². The molecular formula is C17H27NOS. The molecule has 0 amide bonds. The van der Waals surface area contributed by atoms with E-state index in [9.17, 15) is 4.21 Å². The third-order valence-electron chi connectivity index (χ3n) is 4.65. The van der Waals surface area contributed by atoms with Crippen molar-refractivity contribution in [2.45, 2.75) is 63.1 Å². The zero-order valence-electron chi connectivity index (χ0n) is 13.1. The minimum atomic E-state index is -0.982. The molecule has 1 aromatic rings. The van der Waals surface area contributed by atoms with Crippen LogP contribution in [0, 0.1) is 25.7 Å². The standard InChI is InChI=1S/C17H27NOS/c1-11(2)14-6-7-15(18)17(10-14)20(19)16-8-5-12(3)9-13(16)4/h5,8-9,11,14-15,17H,6-7,10,18H2,1-4H3. The summed E-state index contributed by atoms with van der Waals surface area (Å²) in [6, 6.07) is 6.26. The van der Waals surface area contributed by atoms with E-state index < -0.39 is 10.8 Å². The first-order valence-electron chi connectivity index (χ1n) is 7.63. The Hall–Kier alpha value is -0.670. The smallest absolute Gasteiger partial charge is 0.0579 e. The summed E-state index contributed by atoms with van der Waals surface area (Å²) in [5.74, 6) is 1.32. The van der Waals surface area contributed by atoms with Crippen LogP contribution in [-0.4, -0.2) is 15.5 Å². The van der Waals surface area contributed by atoms with E-state index in [0.29, 0.717) is 11.8 Å². The van der Waals surface area contributed by atoms with Crippen molar-refractivity contribution in [1.82, 2.24) is 0 Å². The molecule has 1 aromatic carbocycles. The Labute approximate surface area is 125 Å². The van der Waals surface area contributed by atoms with E-state index in [1.807, 2.05) is 6.07 Å². The normalized spacial score (nSPS) is 28.6. The first-order valence-corrected chi connectivity index (χ1v) is 8.85. The highest BCUT2D eigenvalue weighted by molar-refractivity contribution is 7.85. The van der Waals surface area contributed by atoms with Crippen LogP contribution in [0.2, 0.25) is 0 Å². The van der Waals surface area contributed by atoms with Gasteiger partial charge in [-0.05, 0) is 56.6 Å². The lowest BCUT2D eigenvalue weighted by Gasteiger charge is -2.35. The van der Waals surface area contributed by atoms with Crippen molar-refractivity contribution < 1.29 is 4.21 Å². The summed E-state index contributed by atoms with van der Waals surface area (Å²) < 4.78 is 12.9. The Morgan fingerprint density at radius 1 is 1.25 bits per heavy atom. The average molecular weight is 293 g/mol. The number of aryl methyl sites for hydroxylation is 2. The van der Waals surface area contributed by atoms with Gasteiger partial charge in [0.05, 0.1) is 16.0 Å². The lowest BCUT2D eigenvalue weighted by atomic mass is 9.79. The topological polar surface area (TPSA) is 43.1 Å². The Bertz CT molecular complexity index is 498. The fraction of sp³-hybridized carbons (Fsp3) is 0.647. The van der Waals surface area contributed by atoms with Crippen LogP contribution in [0.1, 0.15) is 44.2 Å². The van der Waals surface area contributed by atoms with Gasteiger partial charge in [0.15, 0.2) is 0 Å². The molecule has 2 rings (SSSR count). The maximum Gasteiger partial charge on any atom is 0.0579 e. The molecular weight excluding hydrogens is 266 g/mol. The fourth-order valence-corrected chi connectivity index (χ4v) is 5.00. The number of hydrogen-bond acceptors (Lipinski definition) is 2. The van der Waals surface area contributed by atoms with Crippen molar-refractivity contribution in [3.8, 4) is 0 Å². The molecule has 0 bridgehead atoms. The third-order valence-corrected chi connectivity index (χ3v) is 6.63. The highest BCUT2D eigenvalue weighted by atomic mass is 32.2. The molecule has 1 aliphatic rings. The summed E-state index contributed by atoms with van der Waals surface area (Å²) in [4.78, 5) is 0.973. The van der Waals surface area contributed by atoms with E-state index in [0.717, 1.165) is 23.3 Å². The van der Waals surface area contributed by atoms with Crippen molar-refractivity contribution in [2.24, 2.45) is 17.6 Å². The van der Waals surface area contributed by atoms with Gasteiger partial charge in [0.1, 0.15) is 0 Å². The Morgan fingerprint density at radius 2 is 1.95 bits per heavy atom. The van der Waals surface area contributed by atoms with Crippen LogP contribution in [0.25, 0.3) is 0 Å². The van der Waals surface area contributed by atoms with E-state index in [4.69, 9.17) is 5.73 Å². The second-order valence-electron chi connectivity index (χ2n) is 6.59. The second kappa shape index (κ2) is 6.40. The van der Waals surface area contributed by atoms with Crippen molar-refractivity contribution in [3.05, 3.63) is 29.3 Å². The molecule has 0 spiro atoms. The molecule has 0 heterocycles. The molecule has 1 fully saturated rings. The van der Waals surface area contributed by atoms with Gasteiger partial charge in [0.25, 0.3) is 0 Å². The Balaban J connectivity index is 2.22. The minimum Gasteiger partial charge on any atom is -0.327 e. The van der Waals surface area contributed by atoms with Gasteiger partial charge in [-0.2, -0.15) is 0 Å². The van der Waals surface area contributed by atoms with E-state index >= 15 is 0 Å². The molecule has 1 saturated carbocycles. The van der Waals surface area contributed by atoms with Gasteiger partial charge >= 0.3 is 0 Å². The summed E-state index contributed by atoms with van der Waals surface area (Å²) in [5, 5.41) is 0.109. The van der Waals surface area contributed by atoms with Gasteiger partial charge < -0.3 is 5.73 Å². The summed E-state index contributed by atoms with van der Waals surface area (Å²) in [7, 11) is -0.982. The van der Waals surface area contributed by atoms with Crippen LogP contribution < -0.4 is 5.73 Å². The van der Waals surface area contributed by atoms with Gasteiger partial charge in [-0.15, -0.1) is 0 Å². The molecule has 0 saturated heterocycles. The lowest BCUT2D eigenvalue weighted by molar-refractivity contribution is 0.264. The largest absolute Gasteiger partial charge is 0.327 e. The van der Waals surface area contributed by atoms with Gasteiger partial charge in [-0.1, -0.05) is 31.5 Å². The van der Waals surface area contributed by atoms with Crippen LogP contribution in [0.15, 0.2) is 23.1 Å². The zero-order chi connectivity index (χ0) is 14.9. The van der Waals surface area contributed by atoms with Gasteiger partial charge in [0, 0.05) is 10.9 Å². The average Bonchev–Trinajstić information content (AvgIpc) is 2.38. The van der Waals surface area contributed by atoms with Crippen LogP contribution in [0.3, 0.4) is 0 Å². The van der Waals surface area contributed by atoms with Gasteiger partial charge in [-0.25, -0.2) is 0 Å². The van der Waals surface area contributed by atoms with E-state index in [1.165, 1.54) is 12.0 Å². The summed E-state index contributed by atoms with van der Waals surface area (Å²) in [6.07, 6.45) is 3.18. The molecule has 1 aliphatic carbocycles. The molecule has 4 unspecified atom stereocenters. The SMILES string of the molecule is Cc1ccc(S(=O)C2CC(C(C)C)CCC2N)c(C)c1. The first kappa shape index (κ1) is 15.7. The lowest BCUT2D eigenvalue weighted by Crippen LogP contribution is -2.44. The highest BCUT2D eigenvalue weighted by Gasteiger charge is 2.34. The van der Waals surface area contributed by atoms with Gasteiger partial charge in [0.2, 0.25) is 0 Å². The molecule has 4 atom stereocenters. The molecule has 20 heavy (non-hydrogen) atoms. The molecule has 0 radical (unpaired) electrons. The predicted molar refractivity (Wildman–Crippen MR) is 86.3 cm³/mol. The maximum absolute atomic E-state index is 12.9. The molecule has 2 nitrogen and oxygen atoms in total. The number of nitrogens with two attached hydrogens (primary N) is 1. The Kier molecular flexibility index (Phi) is 5.03.